The summed E-state index contributed by atoms with van der Waals surface area (Å²) in [6.45, 7) is 7.14. The summed E-state index contributed by atoms with van der Waals surface area (Å²) in [5.41, 5.74) is 0. The van der Waals surface area contributed by atoms with Crippen molar-refractivity contribution >= 4 is 9.62 Å². The Morgan fingerprint density at radius 2 is 2.00 bits per heavy atom. The van der Waals surface area contributed by atoms with Gasteiger partial charge in [-0.25, -0.2) is 0 Å². The molecule has 4 nitrogen and oxygen atoms in total. The first-order chi connectivity index (χ1) is 7.26. The molecule has 1 aliphatic heterocycles. The molecule has 1 heterocycles. The number of nitrogens with zero attached hydrogens (tertiary/aromatic N) is 3. The summed E-state index contributed by atoms with van der Waals surface area (Å²) in [7, 11) is 2.71. The minimum absolute atomic E-state index is 0.830. The van der Waals surface area contributed by atoms with Crippen molar-refractivity contribution in [2.45, 2.75) is 6.92 Å². The molecule has 0 aromatic carbocycles. The van der Waals surface area contributed by atoms with Crippen LogP contribution < -0.4 is 0 Å². The molecule has 0 amide bonds. The zero-order chi connectivity index (χ0) is 11.1. The molecule has 90 valence electrons. The van der Waals surface area contributed by atoms with E-state index in [1.54, 1.807) is 7.11 Å². The summed E-state index contributed by atoms with van der Waals surface area (Å²) in [5, 5.41) is 0. The SMILES string of the molecule is CCN=S1(=NC)CCN(CCOC)CC1. The first-order valence-electron chi connectivity index (χ1n) is 5.56. The Labute approximate surface area is 93.8 Å². The molecule has 0 spiro atoms. The quantitative estimate of drug-likeness (QED) is 0.729. The van der Waals surface area contributed by atoms with Gasteiger partial charge >= 0.3 is 0 Å². The van der Waals surface area contributed by atoms with Gasteiger partial charge in [0.15, 0.2) is 0 Å². The van der Waals surface area contributed by atoms with E-state index in [1.165, 1.54) is 0 Å². The Kier molecular flexibility index (Phi) is 5.56. The van der Waals surface area contributed by atoms with Crippen molar-refractivity contribution in [3.05, 3.63) is 0 Å². The van der Waals surface area contributed by atoms with Crippen LogP contribution in [0.5, 0.6) is 0 Å². The number of hydrogen-bond donors (Lipinski definition) is 0. The standard InChI is InChI=1S/C10H23N3OS/c1-4-12-15(11-2)9-6-13(7-10-15)5-8-14-3/h4-10H2,1-3H3. The molecule has 1 rings (SSSR count). The van der Waals surface area contributed by atoms with Gasteiger partial charge < -0.3 is 4.74 Å². The van der Waals surface area contributed by atoms with Gasteiger partial charge in [0, 0.05) is 51.8 Å². The topological polar surface area (TPSA) is 37.2 Å². The largest absolute Gasteiger partial charge is 0.383 e. The number of hydrogen-bond acceptors (Lipinski definition) is 4. The predicted molar refractivity (Wildman–Crippen MR) is 66.7 cm³/mol. The van der Waals surface area contributed by atoms with E-state index in [9.17, 15) is 0 Å². The third-order valence-corrected chi connectivity index (χ3v) is 5.88. The summed E-state index contributed by atoms with van der Waals surface area (Å²) in [6, 6.07) is 0. The third kappa shape index (κ3) is 3.74. The highest BCUT2D eigenvalue weighted by Crippen LogP contribution is 2.10. The van der Waals surface area contributed by atoms with Crippen LogP contribution in [0, 0.1) is 0 Å². The smallest absolute Gasteiger partial charge is 0.0589 e. The van der Waals surface area contributed by atoms with E-state index >= 15 is 0 Å². The summed E-state index contributed by atoms with van der Waals surface area (Å²) in [4.78, 5) is 2.45. The molecule has 0 unspecified atom stereocenters. The lowest BCUT2D eigenvalue weighted by atomic mass is 10.5. The molecule has 0 N–H and O–H groups in total. The van der Waals surface area contributed by atoms with Gasteiger partial charge in [0.25, 0.3) is 0 Å². The Hall–Kier alpha value is -0.130. The number of rotatable bonds is 4. The molecule has 0 aromatic heterocycles. The molecule has 0 aromatic rings. The van der Waals surface area contributed by atoms with Crippen LogP contribution in [-0.2, 0) is 14.4 Å². The molecular weight excluding hydrogens is 210 g/mol. The van der Waals surface area contributed by atoms with E-state index in [2.05, 4.69) is 16.2 Å². The van der Waals surface area contributed by atoms with Gasteiger partial charge in [-0.05, 0) is 6.92 Å². The zero-order valence-electron chi connectivity index (χ0n) is 10.1. The highest BCUT2D eigenvalue weighted by Gasteiger charge is 2.17. The molecule has 1 saturated heterocycles. The van der Waals surface area contributed by atoms with E-state index in [0.717, 1.165) is 44.3 Å². The van der Waals surface area contributed by atoms with Crippen LogP contribution in [0.4, 0.5) is 0 Å². The van der Waals surface area contributed by atoms with Crippen molar-refractivity contribution in [3.8, 4) is 0 Å². The fourth-order valence-corrected chi connectivity index (χ4v) is 4.34. The monoisotopic (exact) mass is 233 g/mol. The van der Waals surface area contributed by atoms with Crippen LogP contribution in [0.25, 0.3) is 0 Å². The lowest BCUT2D eigenvalue weighted by Crippen LogP contribution is -2.41. The van der Waals surface area contributed by atoms with Crippen LogP contribution in [-0.4, -0.2) is 63.3 Å². The first kappa shape index (κ1) is 12.9. The summed E-state index contributed by atoms with van der Waals surface area (Å²) in [6.07, 6.45) is 0. The first-order valence-corrected chi connectivity index (χ1v) is 7.44. The Morgan fingerprint density at radius 3 is 2.47 bits per heavy atom. The van der Waals surface area contributed by atoms with Crippen molar-refractivity contribution in [3.63, 3.8) is 0 Å². The van der Waals surface area contributed by atoms with Gasteiger partial charge in [0.1, 0.15) is 0 Å². The van der Waals surface area contributed by atoms with Crippen LogP contribution in [0.15, 0.2) is 8.73 Å². The van der Waals surface area contributed by atoms with Crippen molar-refractivity contribution in [2.75, 3.05) is 58.4 Å². The van der Waals surface area contributed by atoms with Crippen LogP contribution in [0.3, 0.4) is 0 Å². The van der Waals surface area contributed by atoms with Gasteiger partial charge in [-0.3, -0.25) is 13.6 Å². The zero-order valence-corrected chi connectivity index (χ0v) is 10.9. The van der Waals surface area contributed by atoms with E-state index in [-0.39, 0.29) is 0 Å². The van der Waals surface area contributed by atoms with Crippen LogP contribution in [0.1, 0.15) is 6.92 Å². The molecule has 5 heteroatoms. The summed E-state index contributed by atoms with van der Waals surface area (Å²) < 4.78 is 14.3. The van der Waals surface area contributed by atoms with Gasteiger partial charge in [0.2, 0.25) is 0 Å². The second kappa shape index (κ2) is 6.45. The van der Waals surface area contributed by atoms with Gasteiger partial charge in [0.05, 0.1) is 6.61 Å². The maximum Gasteiger partial charge on any atom is 0.0589 e. The molecule has 15 heavy (non-hydrogen) atoms. The Balaban J connectivity index is 2.51. The highest BCUT2D eigenvalue weighted by atomic mass is 32.2. The van der Waals surface area contributed by atoms with Gasteiger partial charge in [-0.1, -0.05) is 9.62 Å². The van der Waals surface area contributed by atoms with Crippen molar-refractivity contribution < 1.29 is 4.74 Å². The fraction of sp³-hybridized carbons (Fsp3) is 1.00. The van der Waals surface area contributed by atoms with Crippen LogP contribution in [0.2, 0.25) is 0 Å². The molecule has 1 fully saturated rings. The summed E-state index contributed by atoms with van der Waals surface area (Å²) >= 11 is 0. The normalized spacial score (nSPS) is 21.3. The highest BCUT2D eigenvalue weighted by molar-refractivity contribution is 7.95. The predicted octanol–water partition coefficient (Wildman–Crippen LogP) is 1.12. The lowest BCUT2D eigenvalue weighted by Gasteiger charge is -2.30. The Morgan fingerprint density at radius 1 is 1.33 bits per heavy atom. The number of methoxy groups -OCH3 is 1. The molecule has 0 bridgehead atoms. The second-order valence-electron chi connectivity index (χ2n) is 3.67. The second-order valence-corrected chi connectivity index (χ2v) is 6.72. The van der Waals surface area contributed by atoms with Crippen LogP contribution >= 0.6 is 0 Å². The number of ether oxygens (including phenoxy) is 1. The lowest BCUT2D eigenvalue weighted by molar-refractivity contribution is 0.153. The minimum Gasteiger partial charge on any atom is -0.383 e. The van der Waals surface area contributed by atoms with Crippen molar-refractivity contribution in [1.82, 2.24) is 4.90 Å². The fourth-order valence-electron chi connectivity index (χ4n) is 1.82. The van der Waals surface area contributed by atoms with Crippen molar-refractivity contribution in [2.24, 2.45) is 8.73 Å². The average Bonchev–Trinajstić information content (AvgIpc) is 2.29. The maximum atomic E-state index is 5.09. The Bertz CT molecular complexity index is 281. The van der Waals surface area contributed by atoms with Crippen molar-refractivity contribution in [1.29, 1.82) is 0 Å². The molecule has 0 aliphatic carbocycles. The summed E-state index contributed by atoms with van der Waals surface area (Å²) in [5.74, 6) is 2.28. The van der Waals surface area contributed by atoms with E-state index < -0.39 is 9.62 Å². The third-order valence-electron chi connectivity index (χ3n) is 2.79. The molecule has 0 saturated carbocycles. The molecule has 0 radical (unpaired) electrons. The molecule has 1 aliphatic rings. The minimum atomic E-state index is -0.976. The molecule has 0 atom stereocenters. The van der Waals surface area contributed by atoms with Gasteiger partial charge in [-0.2, -0.15) is 0 Å². The average molecular weight is 233 g/mol. The van der Waals surface area contributed by atoms with E-state index in [0.29, 0.717) is 0 Å². The molecular formula is C10H23N3OS. The van der Waals surface area contributed by atoms with Gasteiger partial charge in [-0.15, -0.1) is 0 Å². The maximum absolute atomic E-state index is 5.09. The van der Waals surface area contributed by atoms with E-state index in [4.69, 9.17) is 9.10 Å². The van der Waals surface area contributed by atoms with E-state index in [1.807, 2.05) is 7.05 Å².